The van der Waals surface area contributed by atoms with Crippen molar-refractivity contribution in [2.24, 2.45) is 22.6 Å². The molecule has 0 aromatic heterocycles. The molecule has 1 fully saturated rings. The smallest absolute Gasteiger partial charge is 0.196 e. The van der Waals surface area contributed by atoms with Crippen LogP contribution in [-0.4, -0.2) is 18.0 Å². The van der Waals surface area contributed by atoms with Gasteiger partial charge in [0.1, 0.15) is 5.82 Å². The normalized spacial score (nSPS) is 29.2. The fraction of sp³-hybridized carbons (Fsp3) is 0.588. The number of anilines is 1. The highest BCUT2D eigenvalue weighted by atomic mass is 19.1. The second-order valence-corrected chi connectivity index (χ2v) is 6.77. The second-order valence-electron chi connectivity index (χ2n) is 6.77. The molecule has 1 aromatic rings. The molecule has 1 heterocycles. The fourth-order valence-corrected chi connectivity index (χ4v) is 3.85. The fourth-order valence-electron chi connectivity index (χ4n) is 3.85. The molecule has 2 N–H and O–H groups in total. The Kier molecular flexibility index (Phi) is 3.64. The lowest BCUT2D eigenvalue weighted by Gasteiger charge is -2.44. The highest BCUT2D eigenvalue weighted by molar-refractivity contribution is 5.98. The highest BCUT2D eigenvalue weighted by Crippen LogP contribution is 2.43. The Balaban J connectivity index is 1.88. The Hall–Kier alpha value is -1.58. The number of halogens is 1. The van der Waals surface area contributed by atoms with Crippen molar-refractivity contribution >= 4 is 11.6 Å². The van der Waals surface area contributed by atoms with E-state index in [1.165, 1.54) is 18.9 Å². The SMILES string of the molecule is CC(C)C1CCC2(CC1)CN=C(N)N2c1ccccc1F. The lowest BCUT2D eigenvalue weighted by atomic mass is 9.72. The van der Waals surface area contributed by atoms with E-state index < -0.39 is 0 Å². The quantitative estimate of drug-likeness (QED) is 0.904. The molecule has 3 rings (SSSR count). The molecule has 1 saturated carbocycles. The zero-order valence-corrected chi connectivity index (χ0v) is 12.8. The minimum atomic E-state index is -0.220. The van der Waals surface area contributed by atoms with Gasteiger partial charge < -0.3 is 10.6 Å². The van der Waals surface area contributed by atoms with Gasteiger partial charge in [0.15, 0.2) is 5.96 Å². The Morgan fingerprint density at radius 3 is 2.57 bits per heavy atom. The summed E-state index contributed by atoms with van der Waals surface area (Å²) in [5.41, 5.74) is 6.54. The maximum atomic E-state index is 14.2. The number of nitrogens with zero attached hydrogens (tertiary/aromatic N) is 2. The molecule has 0 radical (unpaired) electrons. The predicted molar refractivity (Wildman–Crippen MR) is 84.9 cm³/mol. The van der Waals surface area contributed by atoms with Crippen molar-refractivity contribution < 1.29 is 4.39 Å². The van der Waals surface area contributed by atoms with E-state index in [0.717, 1.165) is 18.8 Å². The van der Waals surface area contributed by atoms with Crippen molar-refractivity contribution in [3.63, 3.8) is 0 Å². The molecule has 0 amide bonds. The van der Waals surface area contributed by atoms with E-state index >= 15 is 0 Å². The van der Waals surface area contributed by atoms with Crippen LogP contribution in [0, 0.1) is 17.7 Å². The Labute approximate surface area is 126 Å². The number of guanidine groups is 1. The first-order valence-corrected chi connectivity index (χ1v) is 7.88. The van der Waals surface area contributed by atoms with Crippen LogP contribution >= 0.6 is 0 Å². The van der Waals surface area contributed by atoms with Crippen LogP contribution in [0.5, 0.6) is 0 Å². The Morgan fingerprint density at radius 1 is 1.29 bits per heavy atom. The van der Waals surface area contributed by atoms with Gasteiger partial charge in [-0.25, -0.2) is 4.39 Å². The van der Waals surface area contributed by atoms with Crippen molar-refractivity contribution in [3.8, 4) is 0 Å². The molecule has 0 atom stereocenters. The summed E-state index contributed by atoms with van der Waals surface area (Å²) < 4.78 is 14.2. The van der Waals surface area contributed by atoms with Gasteiger partial charge in [0.2, 0.25) is 0 Å². The van der Waals surface area contributed by atoms with Gasteiger partial charge in [-0.1, -0.05) is 26.0 Å². The minimum Gasteiger partial charge on any atom is -0.369 e. The predicted octanol–water partition coefficient (Wildman–Crippen LogP) is 3.55. The van der Waals surface area contributed by atoms with Crippen LogP contribution in [0.3, 0.4) is 0 Å². The summed E-state index contributed by atoms with van der Waals surface area (Å²) in [5, 5.41) is 0. The van der Waals surface area contributed by atoms with Gasteiger partial charge in [0, 0.05) is 0 Å². The number of benzene rings is 1. The average Bonchev–Trinajstić information content (AvgIpc) is 2.77. The van der Waals surface area contributed by atoms with E-state index in [1.807, 2.05) is 11.0 Å². The van der Waals surface area contributed by atoms with Crippen LogP contribution in [-0.2, 0) is 0 Å². The summed E-state index contributed by atoms with van der Waals surface area (Å²) in [7, 11) is 0. The first kappa shape index (κ1) is 14.4. The average molecular weight is 289 g/mol. The maximum absolute atomic E-state index is 14.2. The molecule has 1 spiro atoms. The van der Waals surface area contributed by atoms with Crippen LogP contribution in [0.4, 0.5) is 10.1 Å². The highest BCUT2D eigenvalue weighted by Gasteiger charge is 2.46. The first-order chi connectivity index (χ1) is 10.0. The molecule has 4 heteroatoms. The number of nitrogens with two attached hydrogens (primary N) is 1. The van der Waals surface area contributed by atoms with Gasteiger partial charge >= 0.3 is 0 Å². The summed E-state index contributed by atoms with van der Waals surface area (Å²) >= 11 is 0. The van der Waals surface area contributed by atoms with E-state index in [1.54, 1.807) is 12.1 Å². The lowest BCUT2D eigenvalue weighted by Crippen LogP contribution is -2.54. The van der Waals surface area contributed by atoms with Gasteiger partial charge in [0.05, 0.1) is 17.8 Å². The van der Waals surface area contributed by atoms with E-state index in [0.29, 0.717) is 24.1 Å². The largest absolute Gasteiger partial charge is 0.369 e. The van der Waals surface area contributed by atoms with Crippen LogP contribution < -0.4 is 10.6 Å². The van der Waals surface area contributed by atoms with Gasteiger partial charge in [0.25, 0.3) is 0 Å². The third-order valence-corrected chi connectivity index (χ3v) is 5.24. The summed E-state index contributed by atoms with van der Waals surface area (Å²) in [6, 6.07) is 6.87. The second kappa shape index (κ2) is 5.32. The van der Waals surface area contributed by atoms with Gasteiger partial charge in [-0.05, 0) is 49.7 Å². The van der Waals surface area contributed by atoms with Crippen molar-refractivity contribution in [3.05, 3.63) is 30.1 Å². The zero-order valence-electron chi connectivity index (χ0n) is 12.8. The summed E-state index contributed by atoms with van der Waals surface area (Å²) in [6.45, 7) is 5.27. The topological polar surface area (TPSA) is 41.6 Å². The molecule has 1 aliphatic heterocycles. The molecular weight excluding hydrogens is 265 g/mol. The van der Waals surface area contributed by atoms with E-state index in [9.17, 15) is 4.39 Å². The number of hydrogen-bond donors (Lipinski definition) is 1. The van der Waals surface area contributed by atoms with Crippen LogP contribution in [0.2, 0.25) is 0 Å². The summed E-state index contributed by atoms with van der Waals surface area (Å²) in [6.07, 6.45) is 4.42. The molecule has 114 valence electrons. The molecule has 0 bridgehead atoms. The molecule has 1 aromatic carbocycles. The van der Waals surface area contributed by atoms with Gasteiger partial charge in [-0.3, -0.25) is 4.99 Å². The molecule has 1 aliphatic carbocycles. The molecule has 0 unspecified atom stereocenters. The van der Waals surface area contributed by atoms with Gasteiger partial charge in [-0.15, -0.1) is 0 Å². The monoisotopic (exact) mass is 289 g/mol. The molecular formula is C17H24FN3. The van der Waals surface area contributed by atoms with Crippen LogP contribution in [0.25, 0.3) is 0 Å². The maximum Gasteiger partial charge on any atom is 0.196 e. The molecule has 2 aliphatic rings. The van der Waals surface area contributed by atoms with Crippen molar-refractivity contribution in [1.29, 1.82) is 0 Å². The molecule has 0 saturated heterocycles. The molecule has 3 nitrogen and oxygen atoms in total. The lowest BCUT2D eigenvalue weighted by molar-refractivity contribution is 0.206. The summed E-state index contributed by atoms with van der Waals surface area (Å²) in [5.74, 6) is 1.72. The number of hydrogen-bond acceptors (Lipinski definition) is 3. The number of rotatable bonds is 2. The van der Waals surface area contributed by atoms with E-state index in [2.05, 4.69) is 18.8 Å². The molecule has 21 heavy (non-hydrogen) atoms. The number of para-hydroxylation sites is 1. The number of aliphatic imine (C=N–C) groups is 1. The Morgan fingerprint density at radius 2 is 1.95 bits per heavy atom. The van der Waals surface area contributed by atoms with Gasteiger partial charge in [-0.2, -0.15) is 0 Å². The van der Waals surface area contributed by atoms with Crippen LogP contribution in [0.15, 0.2) is 29.3 Å². The third kappa shape index (κ3) is 2.41. The van der Waals surface area contributed by atoms with Crippen molar-refractivity contribution in [1.82, 2.24) is 0 Å². The van der Waals surface area contributed by atoms with Crippen LogP contribution in [0.1, 0.15) is 39.5 Å². The van der Waals surface area contributed by atoms with Crippen molar-refractivity contribution in [2.45, 2.75) is 45.1 Å². The zero-order chi connectivity index (χ0) is 15.0. The first-order valence-electron chi connectivity index (χ1n) is 7.88. The third-order valence-electron chi connectivity index (χ3n) is 5.24. The van der Waals surface area contributed by atoms with Crippen molar-refractivity contribution in [2.75, 3.05) is 11.4 Å². The Bertz CT molecular complexity index is 545. The standard InChI is InChI=1S/C17H24FN3/c1-12(2)13-7-9-17(10-8-13)11-20-16(19)21(17)15-6-4-3-5-14(15)18/h3-6,12-13H,7-11H2,1-2H3,(H2,19,20). The van der Waals surface area contributed by atoms with E-state index in [-0.39, 0.29) is 11.4 Å². The van der Waals surface area contributed by atoms with E-state index in [4.69, 9.17) is 5.73 Å². The summed E-state index contributed by atoms with van der Waals surface area (Å²) in [4.78, 5) is 6.39. The minimum absolute atomic E-state index is 0.113.